The Hall–Kier alpha value is -1.89. The third-order valence-corrected chi connectivity index (χ3v) is 7.46. The maximum absolute atomic E-state index is 13.0. The van der Waals surface area contributed by atoms with Crippen molar-refractivity contribution in [3.05, 3.63) is 47.1 Å². The van der Waals surface area contributed by atoms with Crippen LogP contribution in [0.5, 0.6) is 5.75 Å². The molecular formula is C24H28F3NO2S. The van der Waals surface area contributed by atoms with Crippen molar-refractivity contribution in [2.45, 2.75) is 49.8 Å². The quantitative estimate of drug-likeness (QED) is 0.534. The van der Waals surface area contributed by atoms with Gasteiger partial charge in [-0.1, -0.05) is 30.7 Å². The van der Waals surface area contributed by atoms with Crippen LogP contribution in [0.2, 0.25) is 0 Å². The number of fused-ring (bicyclic) bond motifs is 1. The molecule has 2 unspecified atom stereocenters. The van der Waals surface area contributed by atoms with E-state index in [4.69, 9.17) is 4.74 Å². The molecule has 0 bridgehead atoms. The zero-order valence-corrected chi connectivity index (χ0v) is 18.7. The van der Waals surface area contributed by atoms with Crippen LogP contribution in [0, 0.1) is 11.8 Å². The largest absolute Gasteiger partial charge is 0.495 e. The van der Waals surface area contributed by atoms with Gasteiger partial charge in [0.1, 0.15) is 5.75 Å². The van der Waals surface area contributed by atoms with Crippen LogP contribution in [0.4, 0.5) is 18.9 Å². The number of ether oxygens (including phenoxy) is 1. The monoisotopic (exact) mass is 451 g/mol. The van der Waals surface area contributed by atoms with Gasteiger partial charge in [0.15, 0.2) is 5.78 Å². The van der Waals surface area contributed by atoms with Crippen LogP contribution in [0.3, 0.4) is 0 Å². The Bertz CT molecular complexity index is 901. The van der Waals surface area contributed by atoms with Gasteiger partial charge >= 0.3 is 5.51 Å². The minimum Gasteiger partial charge on any atom is -0.495 e. The number of Topliss-reactive ketones (excluding diaryl/α,β-unsaturated/α-hetero) is 1. The Morgan fingerprint density at radius 2 is 1.97 bits per heavy atom. The second-order valence-electron chi connectivity index (χ2n) is 8.80. The van der Waals surface area contributed by atoms with E-state index < -0.39 is 10.8 Å². The lowest BCUT2D eigenvalue weighted by molar-refractivity contribution is -0.0331. The third kappa shape index (κ3) is 5.13. The summed E-state index contributed by atoms with van der Waals surface area (Å²) in [6.07, 6.45) is 9.08. The summed E-state index contributed by atoms with van der Waals surface area (Å²) in [5.74, 6) is 1.41. The second kappa shape index (κ2) is 8.93. The van der Waals surface area contributed by atoms with Crippen molar-refractivity contribution in [3.63, 3.8) is 0 Å². The first-order valence-electron chi connectivity index (χ1n) is 10.9. The molecule has 4 rings (SSSR count). The lowest BCUT2D eigenvalue weighted by Crippen LogP contribution is -2.33. The smallest absolute Gasteiger partial charge is 0.442 e. The predicted octanol–water partition coefficient (Wildman–Crippen LogP) is 6.18. The maximum atomic E-state index is 13.0. The highest BCUT2D eigenvalue weighted by atomic mass is 32.2. The summed E-state index contributed by atoms with van der Waals surface area (Å²) in [5.41, 5.74) is -0.447. The van der Waals surface area contributed by atoms with Gasteiger partial charge in [-0.25, -0.2) is 0 Å². The average molecular weight is 452 g/mol. The molecule has 0 radical (unpaired) electrons. The van der Waals surface area contributed by atoms with Crippen LogP contribution in [-0.4, -0.2) is 36.7 Å². The van der Waals surface area contributed by atoms with Crippen molar-refractivity contribution < 1.29 is 22.7 Å². The van der Waals surface area contributed by atoms with E-state index in [1.165, 1.54) is 0 Å². The normalized spacial score (nSPS) is 24.4. The van der Waals surface area contributed by atoms with Crippen molar-refractivity contribution in [3.8, 4) is 5.75 Å². The fourth-order valence-corrected chi connectivity index (χ4v) is 5.45. The highest BCUT2D eigenvalue weighted by molar-refractivity contribution is 8.00. The van der Waals surface area contributed by atoms with Crippen molar-refractivity contribution in [1.29, 1.82) is 0 Å². The molecule has 0 N–H and O–H groups in total. The van der Waals surface area contributed by atoms with E-state index >= 15 is 0 Å². The summed E-state index contributed by atoms with van der Waals surface area (Å²) < 4.78 is 43.3. The van der Waals surface area contributed by atoms with Crippen molar-refractivity contribution in [2.75, 3.05) is 25.1 Å². The zero-order chi connectivity index (χ0) is 22.2. The number of nitrogens with zero attached hydrogens (tertiary/aromatic N) is 1. The predicted molar refractivity (Wildman–Crippen MR) is 119 cm³/mol. The van der Waals surface area contributed by atoms with Crippen LogP contribution in [0.1, 0.15) is 48.5 Å². The van der Waals surface area contributed by atoms with Crippen molar-refractivity contribution in [1.82, 2.24) is 0 Å². The van der Waals surface area contributed by atoms with Crippen LogP contribution in [-0.2, 0) is 6.42 Å². The zero-order valence-electron chi connectivity index (χ0n) is 17.9. The number of ketones is 1. The Balaban J connectivity index is 1.45. The molecular weight excluding hydrogens is 423 g/mol. The number of carbonyl (C=O) groups is 1. The van der Waals surface area contributed by atoms with Crippen LogP contribution >= 0.6 is 11.8 Å². The minimum atomic E-state index is -4.23. The third-order valence-electron chi connectivity index (χ3n) is 6.54. The van der Waals surface area contributed by atoms with Crippen molar-refractivity contribution >= 4 is 23.2 Å². The molecule has 0 amide bonds. The number of piperidine rings is 1. The molecule has 0 saturated carbocycles. The van der Waals surface area contributed by atoms with Gasteiger partial charge in [0.05, 0.1) is 12.8 Å². The van der Waals surface area contributed by atoms with E-state index in [9.17, 15) is 18.0 Å². The number of allylic oxidation sites excluding steroid dienone is 3. The molecule has 3 nitrogen and oxygen atoms in total. The van der Waals surface area contributed by atoms with Gasteiger partial charge in [-0.15, -0.1) is 0 Å². The molecule has 1 saturated heterocycles. The number of hydrogen-bond donors (Lipinski definition) is 0. The van der Waals surface area contributed by atoms with Gasteiger partial charge in [-0.2, -0.15) is 13.2 Å². The van der Waals surface area contributed by atoms with E-state index in [0.717, 1.165) is 60.0 Å². The lowest BCUT2D eigenvalue weighted by Gasteiger charge is -2.33. The van der Waals surface area contributed by atoms with Gasteiger partial charge in [0, 0.05) is 29.8 Å². The first-order chi connectivity index (χ1) is 14.7. The summed E-state index contributed by atoms with van der Waals surface area (Å²) in [6, 6.07) is 4.00. The topological polar surface area (TPSA) is 29.5 Å². The Kier molecular flexibility index (Phi) is 6.42. The number of halogens is 3. The van der Waals surface area contributed by atoms with Gasteiger partial charge in [-0.05, 0) is 67.5 Å². The molecule has 168 valence electrons. The molecule has 2 aliphatic carbocycles. The SMILES string of the molecule is COc1cc2c(cc1N1CCC(C)CC1)CC(CC1=CCC(SC(F)(F)F)C=C1)C2=O. The average Bonchev–Trinajstić information content (AvgIpc) is 3.02. The fraction of sp³-hybridized carbons (Fsp3) is 0.542. The number of rotatable bonds is 5. The molecule has 2 atom stereocenters. The Morgan fingerprint density at radius 3 is 2.58 bits per heavy atom. The minimum absolute atomic E-state index is 0.0152. The Labute approximate surface area is 185 Å². The summed E-state index contributed by atoms with van der Waals surface area (Å²) in [6.45, 7) is 4.25. The number of carbonyl (C=O) groups excluding carboxylic acids is 1. The lowest BCUT2D eigenvalue weighted by atomic mass is 9.92. The molecule has 1 aromatic rings. The standard InChI is InChI=1S/C24H28F3NO2S/c1-15-7-9-28(10-8-15)21-13-17-12-18(23(29)20(17)14-22(21)30-2)11-16-3-5-19(6-4-16)31-24(25,26)27/h3-5,13-15,18-19H,6-12H2,1-2H3. The van der Waals surface area contributed by atoms with E-state index in [2.05, 4.69) is 17.9 Å². The van der Waals surface area contributed by atoms with E-state index in [-0.39, 0.29) is 23.5 Å². The van der Waals surface area contributed by atoms with E-state index in [1.807, 2.05) is 12.1 Å². The first-order valence-corrected chi connectivity index (χ1v) is 11.7. The van der Waals surface area contributed by atoms with Gasteiger partial charge in [0.25, 0.3) is 0 Å². The van der Waals surface area contributed by atoms with Crippen LogP contribution in [0.25, 0.3) is 0 Å². The number of hydrogen-bond acceptors (Lipinski definition) is 4. The van der Waals surface area contributed by atoms with Crippen LogP contribution in [0.15, 0.2) is 35.9 Å². The van der Waals surface area contributed by atoms with Crippen molar-refractivity contribution in [2.24, 2.45) is 11.8 Å². The van der Waals surface area contributed by atoms with E-state index in [1.54, 1.807) is 19.3 Å². The summed E-state index contributed by atoms with van der Waals surface area (Å²) in [7, 11) is 1.64. The molecule has 7 heteroatoms. The number of thioether (sulfide) groups is 1. The number of methoxy groups -OCH3 is 1. The number of anilines is 1. The summed E-state index contributed by atoms with van der Waals surface area (Å²) in [4.78, 5) is 15.4. The van der Waals surface area contributed by atoms with E-state index in [0.29, 0.717) is 19.3 Å². The number of alkyl halides is 3. The molecule has 3 aliphatic rings. The van der Waals surface area contributed by atoms with Crippen LogP contribution < -0.4 is 9.64 Å². The Morgan fingerprint density at radius 1 is 1.23 bits per heavy atom. The highest BCUT2D eigenvalue weighted by Crippen LogP contribution is 2.41. The van der Waals surface area contributed by atoms with Gasteiger partial charge in [0.2, 0.25) is 0 Å². The molecule has 1 fully saturated rings. The number of benzene rings is 1. The molecule has 1 heterocycles. The molecule has 1 aliphatic heterocycles. The molecule has 0 aromatic heterocycles. The first kappa shape index (κ1) is 22.3. The van der Waals surface area contributed by atoms with Gasteiger partial charge < -0.3 is 9.64 Å². The summed E-state index contributed by atoms with van der Waals surface area (Å²) >= 11 is 0.0152. The summed E-state index contributed by atoms with van der Waals surface area (Å²) in [5, 5.41) is -0.584. The maximum Gasteiger partial charge on any atom is 0.442 e. The molecule has 31 heavy (non-hydrogen) atoms. The second-order valence-corrected chi connectivity index (χ2v) is 10.1. The highest BCUT2D eigenvalue weighted by Gasteiger charge is 2.35. The van der Waals surface area contributed by atoms with Gasteiger partial charge in [-0.3, -0.25) is 4.79 Å². The molecule has 1 aromatic carbocycles. The molecule has 0 spiro atoms. The fourth-order valence-electron chi connectivity index (χ4n) is 4.75.